The molecule has 2 N–H and O–H groups in total. The van der Waals surface area contributed by atoms with Crippen molar-refractivity contribution in [2.45, 2.75) is 175 Å². The lowest BCUT2D eigenvalue weighted by atomic mass is 10.1. The normalized spacial score (nSPS) is 11.7. The second kappa shape index (κ2) is 34.4. The molecule has 0 aliphatic rings. The van der Waals surface area contributed by atoms with Gasteiger partial charge in [-0.1, -0.05) is 178 Å². The number of unbranched alkanes of at least 4 members (excludes halogenated alkanes) is 18. The van der Waals surface area contributed by atoms with Crippen LogP contribution in [0.1, 0.15) is 195 Å². The summed E-state index contributed by atoms with van der Waals surface area (Å²) in [4.78, 5) is 78.0. The lowest BCUT2D eigenvalue weighted by Crippen LogP contribution is -2.37. The predicted molar refractivity (Wildman–Crippen MR) is 282 cm³/mol. The van der Waals surface area contributed by atoms with Gasteiger partial charge < -0.3 is 24.8 Å². The molecule has 0 aliphatic carbocycles. The molecule has 4 rings (SSSR count). The number of amides is 2. The number of halogens is 2. The van der Waals surface area contributed by atoms with Gasteiger partial charge in [0.05, 0.1) is 57.9 Å². The Bertz CT molecular complexity index is 2290. The Labute approximate surface area is 436 Å². The number of hydrogen-bond donors (Lipinski definition) is 2. The van der Waals surface area contributed by atoms with Crippen LogP contribution in [0.25, 0.3) is 11.0 Å². The number of aromatic nitrogens is 3. The van der Waals surface area contributed by atoms with Crippen molar-refractivity contribution < 1.29 is 48.0 Å². The number of benzene rings is 3. The molecular formula is C55H77Cl2N5O10. The minimum absolute atomic E-state index is 0.0388. The van der Waals surface area contributed by atoms with Crippen LogP contribution in [0, 0.1) is 5.92 Å². The first-order chi connectivity index (χ1) is 34.9. The summed E-state index contributed by atoms with van der Waals surface area (Å²) in [6.07, 6.45) is 24.2. The van der Waals surface area contributed by atoms with E-state index in [2.05, 4.69) is 34.8 Å². The third-order valence-corrected chi connectivity index (χ3v) is 12.8. The largest absolute Gasteiger partial charge is 0.463 e. The molecule has 4 aromatic rings. The second-order valence-corrected chi connectivity index (χ2v) is 19.5. The van der Waals surface area contributed by atoms with E-state index in [1.807, 2.05) is 13.8 Å². The molecular weight excluding hydrogens is 962 g/mol. The Hall–Kier alpha value is -5.09. The minimum atomic E-state index is -1.75. The van der Waals surface area contributed by atoms with Crippen molar-refractivity contribution >= 4 is 75.3 Å². The van der Waals surface area contributed by atoms with Crippen LogP contribution < -0.4 is 10.6 Å². The molecule has 2 amide bonds. The highest BCUT2D eigenvalue weighted by Crippen LogP contribution is 2.29. The fourth-order valence-corrected chi connectivity index (χ4v) is 8.15. The topological polar surface area (TPSA) is 186 Å². The SMILES string of the molecule is CCCCCCCCCCCCOOCc1ccc(Cl)c(NC(=O)C(C(=O)Nc2cc(C(=O)OCCCCCCCCCCCC)ccc2Cl)n2nnc3cc(C(=O)OCC(=O)OCCC(C)C)ccc32)c1. The van der Waals surface area contributed by atoms with E-state index in [1.165, 1.54) is 120 Å². The number of nitrogens with zero attached hydrogens (tertiary/aromatic N) is 3. The van der Waals surface area contributed by atoms with Gasteiger partial charge in [0.15, 0.2) is 6.61 Å². The minimum Gasteiger partial charge on any atom is -0.463 e. The van der Waals surface area contributed by atoms with Gasteiger partial charge in [0.1, 0.15) is 12.1 Å². The Morgan fingerprint density at radius 1 is 0.569 bits per heavy atom. The fraction of sp³-hybridized carbons (Fsp3) is 0.582. The molecule has 17 heteroatoms. The van der Waals surface area contributed by atoms with Crippen LogP contribution in [0.2, 0.25) is 10.0 Å². The molecule has 0 aliphatic heterocycles. The molecule has 0 saturated carbocycles. The summed E-state index contributed by atoms with van der Waals surface area (Å²) < 4.78 is 17.0. The fourth-order valence-electron chi connectivity index (χ4n) is 7.82. The van der Waals surface area contributed by atoms with E-state index < -0.39 is 42.4 Å². The van der Waals surface area contributed by atoms with E-state index >= 15 is 0 Å². The maximum atomic E-state index is 14.4. The first-order valence-electron chi connectivity index (χ1n) is 26.2. The summed E-state index contributed by atoms with van der Waals surface area (Å²) >= 11 is 13.2. The average molecular weight is 1040 g/mol. The molecule has 396 valence electrons. The summed E-state index contributed by atoms with van der Waals surface area (Å²) in [7, 11) is 0. The number of carbonyl (C=O) groups is 5. The van der Waals surface area contributed by atoms with Crippen molar-refractivity contribution in [2.24, 2.45) is 5.92 Å². The molecule has 1 unspecified atom stereocenters. The number of esters is 3. The summed E-state index contributed by atoms with van der Waals surface area (Å²) in [5, 5.41) is 14.1. The van der Waals surface area contributed by atoms with Gasteiger partial charge >= 0.3 is 17.9 Å². The second-order valence-electron chi connectivity index (χ2n) is 18.7. The van der Waals surface area contributed by atoms with Gasteiger partial charge in [-0.15, -0.1) is 5.10 Å². The Kier molecular flexibility index (Phi) is 28.4. The van der Waals surface area contributed by atoms with E-state index in [4.69, 9.17) is 47.2 Å². The number of ether oxygens (including phenoxy) is 3. The molecule has 3 aromatic carbocycles. The molecule has 0 fully saturated rings. The molecule has 0 spiro atoms. The summed E-state index contributed by atoms with van der Waals surface area (Å²) in [6.45, 7) is 8.80. The standard InChI is InChI=1S/C55H77Cl2N5O10/c1-5-7-9-11-13-15-17-19-21-23-32-69-54(66)42-26-29-45(57)47(36-42)59-53(65)51(62-49-30-27-43(37-48(49)60-61-62)55(67)70-39-50(63)68-34-31-40(3)4)52(64)58-46-35-41(25-28-44(46)56)38-72-71-33-24-22-20-18-16-14-12-10-8-6-2/h25-30,35-37,40,51H,5-24,31-34,38-39H2,1-4H3,(H,58,64)(H,59,65). The summed E-state index contributed by atoms with van der Waals surface area (Å²) in [5.74, 6) is -3.52. The van der Waals surface area contributed by atoms with E-state index in [0.29, 0.717) is 24.5 Å². The zero-order valence-corrected chi connectivity index (χ0v) is 44.4. The van der Waals surface area contributed by atoms with Crippen LogP contribution in [0.15, 0.2) is 54.6 Å². The number of hydrogen-bond acceptors (Lipinski definition) is 12. The highest BCUT2D eigenvalue weighted by atomic mass is 35.5. The zero-order valence-electron chi connectivity index (χ0n) is 42.9. The van der Waals surface area contributed by atoms with Crippen molar-refractivity contribution in [3.05, 3.63) is 81.3 Å². The highest BCUT2D eigenvalue weighted by molar-refractivity contribution is 6.35. The van der Waals surface area contributed by atoms with E-state index in [0.717, 1.165) is 49.6 Å². The van der Waals surface area contributed by atoms with Gasteiger partial charge in [0.2, 0.25) is 6.04 Å². The zero-order chi connectivity index (χ0) is 51.9. The molecule has 0 saturated heterocycles. The monoisotopic (exact) mass is 1040 g/mol. The van der Waals surface area contributed by atoms with Crippen molar-refractivity contribution in [1.82, 2.24) is 15.0 Å². The molecule has 1 atom stereocenters. The lowest BCUT2D eigenvalue weighted by Gasteiger charge is -2.19. The van der Waals surface area contributed by atoms with Crippen molar-refractivity contribution in [3.8, 4) is 0 Å². The quantitative estimate of drug-likeness (QED) is 0.0109. The molecule has 1 heterocycles. The van der Waals surface area contributed by atoms with Gasteiger partial charge in [-0.25, -0.2) is 28.8 Å². The van der Waals surface area contributed by atoms with Gasteiger partial charge in [0, 0.05) is 0 Å². The van der Waals surface area contributed by atoms with Gasteiger partial charge in [-0.2, -0.15) is 0 Å². The first kappa shape index (κ1) is 59.5. The van der Waals surface area contributed by atoms with E-state index in [1.54, 1.807) is 18.2 Å². The third kappa shape index (κ3) is 21.9. The molecule has 15 nitrogen and oxygen atoms in total. The molecule has 0 bridgehead atoms. The Morgan fingerprint density at radius 2 is 1.08 bits per heavy atom. The number of fused-ring (bicyclic) bond motifs is 1. The Morgan fingerprint density at radius 3 is 1.68 bits per heavy atom. The van der Waals surface area contributed by atoms with Crippen LogP contribution in [0.3, 0.4) is 0 Å². The average Bonchev–Trinajstić information content (AvgIpc) is 3.77. The number of rotatable bonds is 37. The van der Waals surface area contributed by atoms with Crippen molar-refractivity contribution in [2.75, 3.05) is 37.1 Å². The van der Waals surface area contributed by atoms with E-state index in [-0.39, 0.29) is 63.4 Å². The number of carbonyl (C=O) groups excluding carboxylic acids is 5. The van der Waals surface area contributed by atoms with Crippen LogP contribution in [-0.4, -0.2) is 71.1 Å². The predicted octanol–water partition coefficient (Wildman–Crippen LogP) is 13.7. The first-order valence-corrected chi connectivity index (χ1v) is 27.0. The van der Waals surface area contributed by atoms with Gasteiger partial charge in [-0.3, -0.25) is 9.59 Å². The maximum absolute atomic E-state index is 14.4. The third-order valence-electron chi connectivity index (χ3n) is 12.1. The van der Waals surface area contributed by atoms with Crippen LogP contribution in [0.5, 0.6) is 0 Å². The van der Waals surface area contributed by atoms with Crippen molar-refractivity contribution in [3.63, 3.8) is 0 Å². The lowest BCUT2D eigenvalue weighted by molar-refractivity contribution is -0.304. The maximum Gasteiger partial charge on any atom is 0.344 e. The Balaban J connectivity index is 1.44. The summed E-state index contributed by atoms with van der Waals surface area (Å²) in [6, 6.07) is 11.7. The van der Waals surface area contributed by atoms with Crippen LogP contribution in [-0.2, 0) is 45.0 Å². The van der Waals surface area contributed by atoms with E-state index in [9.17, 15) is 24.0 Å². The smallest absolute Gasteiger partial charge is 0.344 e. The van der Waals surface area contributed by atoms with Gasteiger partial charge in [0.25, 0.3) is 11.8 Å². The molecule has 1 aromatic heterocycles. The van der Waals surface area contributed by atoms with Crippen LogP contribution in [0.4, 0.5) is 11.4 Å². The highest BCUT2D eigenvalue weighted by Gasteiger charge is 2.33. The number of anilines is 2. The molecule has 72 heavy (non-hydrogen) atoms. The summed E-state index contributed by atoms with van der Waals surface area (Å²) in [5.41, 5.74) is 1.37. The van der Waals surface area contributed by atoms with Crippen molar-refractivity contribution in [1.29, 1.82) is 0 Å². The molecule has 0 radical (unpaired) electrons. The number of nitrogens with one attached hydrogen (secondary N) is 2. The van der Waals surface area contributed by atoms with Crippen LogP contribution >= 0.6 is 23.2 Å². The van der Waals surface area contributed by atoms with Gasteiger partial charge in [-0.05, 0) is 79.3 Å².